The van der Waals surface area contributed by atoms with Crippen LogP contribution >= 0.6 is 0 Å². The van der Waals surface area contributed by atoms with Crippen molar-refractivity contribution in [1.82, 2.24) is 5.32 Å². The van der Waals surface area contributed by atoms with Gasteiger partial charge >= 0.3 is 0 Å². The quantitative estimate of drug-likeness (QED) is 0.866. The van der Waals surface area contributed by atoms with E-state index >= 15 is 0 Å². The van der Waals surface area contributed by atoms with Crippen LogP contribution < -0.4 is 14.8 Å². The van der Waals surface area contributed by atoms with Crippen LogP contribution in [-0.4, -0.2) is 38.0 Å². The second-order valence-electron chi connectivity index (χ2n) is 5.99. The number of ether oxygens (including phenoxy) is 2. The molecular weight excluding hydrogens is 254 g/mol. The van der Waals surface area contributed by atoms with Crippen molar-refractivity contribution in [3.8, 4) is 11.5 Å². The fourth-order valence-electron chi connectivity index (χ4n) is 2.38. The maximum absolute atomic E-state index is 9.50. The van der Waals surface area contributed by atoms with Gasteiger partial charge < -0.3 is 19.9 Å². The summed E-state index contributed by atoms with van der Waals surface area (Å²) in [5.74, 6) is 1.51. The fourth-order valence-corrected chi connectivity index (χ4v) is 2.38. The van der Waals surface area contributed by atoms with Crippen molar-refractivity contribution >= 4 is 0 Å². The minimum absolute atomic E-state index is 0.101. The molecule has 2 rings (SSSR count). The average molecular weight is 279 g/mol. The van der Waals surface area contributed by atoms with Crippen molar-refractivity contribution in [2.75, 3.05) is 26.8 Å². The Morgan fingerprint density at radius 1 is 1.35 bits per heavy atom. The number of aliphatic hydroxyl groups excluding tert-OH is 1. The molecule has 0 radical (unpaired) electrons. The summed E-state index contributed by atoms with van der Waals surface area (Å²) in [6.45, 7) is 6.07. The Balaban J connectivity index is 2.22. The van der Waals surface area contributed by atoms with Gasteiger partial charge in [-0.3, -0.25) is 0 Å². The van der Waals surface area contributed by atoms with Crippen LogP contribution in [0.1, 0.15) is 32.3 Å². The number of piperidine rings is 1. The lowest BCUT2D eigenvalue weighted by Gasteiger charge is -2.27. The van der Waals surface area contributed by atoms with Gasteiger partial charge in [-0.05, 0) is 37.1 Å². The zero-order chi connectivity index (χ0) is 14.6. The molecule has 1 heterocycles. The van der Waals surface area contributed by atoms with E-state index in [4.69, 9.17) is 9.47 Å². The molecule has 4 nitrogen and oxygen atoms in total. The van der Waals surface area contributed by atoms with Crippen molar-refractivity contribution in [2.24, 2.45) is 0 Å². The lowest BCUT2D eigenvalue weighted by molar-refractivity contribution is 0.160. The first-order valence-corrected chi connectivity index (χ1v) is 7.23. The number of hydrogen-bond acceptors (Lipinski definition) is 4. The van der Waals surface area contributed by atoms with Crippen LogP contribution in [0.3, 0.4) is 0 Å². The number of hydrogen-bond donors (Lipinski definition) is 2. The largest absolute Gasteiger partial charge is 0.493 e. The summed E-state index contributed by atoms with van der Waals surface area (Å²) in [5, 5.41) is 12.8. The number of nitrogens with one attached hydrogen (secondary N) is 1. The Hall–Kier alpha value is -1.26. The Morgan fingerprint density at radius 2 is 2.15 bits per heavy atom. The van der Waals surface area contributed by atoms with E-state index in [9.17, 15) is 5.11 Å². The van der Waals surface area contributed by atoms with E-state index in [2.05, 4.69) is 5.32 Å². The van der Waals surface area contributed by atoms with Gasteiger partial charge in [0, 0.05) is 12.0 Å². The minimum Gasteiger partial charge on any atom is -0.493 e. The van der Waals surface area contributed by atoms with Crippen LogP contribution in [0.25, 0.3) is 0 Å². The standard InChI is InChI=1S/C16H25NO3/c1-16(2,11-18)12-6-7-14(19-3)15(9-12)20-13-5-4-8-17-10-13/h6-7,9,13,17-18H,4-5,8,10-11H2,1-3H3. The third kappa shape index (κ3) is 3.44. The normalized spacial score (nSPS) is 19.7. The summed E-state index contributed by atoms with van der Waals surface area (Å²) < 4.78 is 11.5. The van der Waals surface area contributed by atoms with E-state index in [0.717, 1.165) is 43.0 Å². The van der Waals surface area contributed by atoms with Crippen LogP contribution in [0, 0.1) is 0 Å². The van der Waals surface area contributed by atoms with Crippen LogP contribution in [0.4, 0.5) is 0 Å². The molecule has 112 valence electrons. The smallest absolute Gasteiger partial charge is 0.161 e. The molecule has 4 heteroatoms. The predicted octanol–water partition coefficient (Wildman–Crippen LogP) is 2.10. The molecule has 1 saturated heterocycles. The predicted molar refractivity (Wildman–Crippen MR) is 79.6 cm³/mol. The van der Waals surface area contributed by atoms with Gasteiger partial charge in [0.1, 0.15) is 6.10 Å². The van der Waals surface area contributed by atoms with Gasteiger partial charge in [0.05, 0.1) is 13.7 Å². The van der Waals surface area contributed by atoms with Crippen molar-refractivity contribution in [2.45, 2.75) is 38.2 Å². The van der Waals surface area contributed by atoms with Crippen LogP contribution in [-0.2, 0) is 5.41 Å². The second-order valence-corrected chi connectivity index (χ2v) is 5.99. The van der Waals surface area contributed by atoms with Gasteiger partial charge in [-0.2, -0.15) is 0 Å². The average Bonchev–Trinajstić information content (AvgIpc) is 2.48. The molecule has 1 fully saturated rings. The van der Waals surface area contributed by atoms with Crippen LogP contribution in [0.2, 0.25) is 0 Å². The summed E-state index contributed by atoms with van der Waals surface area (Å²) in [6, 6.07) is 5.89. The van der Waals surface area contributed by atoms with Gasteiger partial charge in [0.25, 0.3) is 0 Å². The fraction of sp³-hybridized carbons (Fsp3) is 0.625. The van der Waals surface area contributed by atoms with Crippen molar-refractivity contribution in [1.29, 1.82) is 0 Å². The molecule has 1 aliphatic rings. The Bertz CT molecular complexity index is 439. The first-order valence-electron chi connectivity index (χ1n) is 7.23. The van der Waals surface area contributed by atoms with Gasteiger partial charge in [-0.25, -0.2) is 0 Å². The van der Waals surface area contributed by atoms with Gasteiger partial charge in [0.15, 0.2) is 11.5 Å². The Kier molecular flexibility index (Phi) is 4.89. The van der Waals surface area contributed by atoms with Crippen LogP contribution in [0.5, 0.6) is 11.5 Å². The second kappa shape index (κ2) is 6.46. The summed E-state index contributed by atoms with van der Waals surface area (Å²) in [6.07, 6.45) is 2.38. The minimum atomic E-state index is -0.283. The third-order valence-electron chi connectivity index (χ3n) is 3.89. The van der Waals surface area contributed by atoms with Crippen molar-refractivity contribution in [3.05, 3.63) is 23.8 Å². The van der Waals surface area contributed by atoms with E-state index in [1.807, 2.05) is 32.0 Å². The molecule has 2 N–H and O–H groups in total. The number of methoxy groups -OCH3 is 1. The molecule has 0 spiro atoms. The Morgan fingerprint density at radius 3 is 2.75 bits per heavy atom. The molecule has 0 bridgehead atoms. The molecule has 1 unspecified atom stereocenters. The lowest BCUT2D eigenvalue weighted by Crippen LogP contribution is -2.37. The monoisotopic (exact) mass is 279 g/mol. The highest BCUT2D eigenvalue weighted by Crippen LogP contribution is 2.34. The summed E-state index contributed by atoms with van der Waals surface area (Å²) in [7, 11) is 1.65. The molecule has 1 aliphatic heterocycles. The van der Waals surface area contributed by atoms with E-state index in [-0.39, 0.29) is 18.1 Å². The van der Waals surface area contributed by atoms with Gasteiger partial charge in [-0.15, -0.1) is 0 Å². The zero-order valence-corrected chi connectivity index (χ0v) is 12.6. The molecule has 20 heavy (non-hydrogen) atoms. The maximum atomic E-state index is 9.50. The zero-order valence-electron chi connectivity index (χ0n) is 12.6. The third-order valence-corrected chi connectivity index (χ3v) is 3.89. The molecule has 0 saturated carbocycles. The first-order chi connectivity index (χ1) is 9.56. The maximum Gasteiger partial charge on any atom is 0.161 e. The SMILES string of the molecule is COc1ccc(C(C)(C)CO)cc1OC1CCCNC1. The molecule has 1 atom stereocenters. The van der Waals surface area contributed by atoms with Gasteiger partial charge in [-0.1, -0.05) is 19.9 Å². The summed E-state index contributed by atoms with van der Waals surface area (Å²) in [4.78, 5) is 0. The van der Waals surface area contributed by atoms with Gasteiger partial charge in [0.2, 0.25) is 0 Å². The van der Waals surface area contributed by atoms with Crippen molar-refractivity contribution < 1.29 is 14.6 Å². The Labute approximate surface area is 121 Å². The number of aliphatic hydroxyl groups is 1. The summed E-state index contributed by atoms with van der Waals surface area (Å²) in [5.41, 5.74) is 0.773. The van der Waals surface area contributed by atoms with E-state index in [0.29, 0.717) is 0 Å². The number of rotatable bonds is 5. The molecule has 0 amide bonds. The highest BCUT2D eigenvalue weighted by molar-refractivity contribution is 5.45. The molecule has 0 aromatic heterocycles. The lowest BCUT2D eigenvalue weighted by atomic mass is 9.85. The van der Waals surface area contributed by atoms with E-state index < -0.39 is 0 Å². The number of benzene rings is 1. The molecule has 1 aromatic rings. The highest BCUT2D eigenvalue weighted by atomic mass is 16.5. The van der Waals surface area contributed by atoms with Crippen LogP contribution in [0.15, 0.2) is 18.2 Å². The molecular formula is C16H25NO3. The summed E-state index contributed by atoms with van der Waals surface area (Å²) >= 11 is 0. The van der Waals surface area contributed by atoms with E-state index in [1.165, 1.54) is 0 Å². The first kappa shape index (κ1) is 15.1. The molecule has 1 aromatic carbocycles. The highest BCUT2D eigenvalue weighted by Gasteiger charge is 2.23. The van der Waals surface area contributed by atoms with E-state index in [1.54, 1.807) is 7.11 Å². The van der Waals surface area contributed by atoms with Crippen molar-refractivity contribution in [3.63, 3.8) is 0 Å². The topological polar surface area (TPSA) is 50.7 Å². The molecule has 0 aliphatic carbocycles.